The average molecular weight is 938 g/mol. The highest BCUT2D eigenvalue weighted by Crippen LogP contribution is 2.26. The summed E-state index contributed by atoms with van der Waals surface area (Å²) in [5, 5.41) is 5.49. The minimum absolute atomic E-state index is 0.00879. The summed E-state index contributed by atoms with van der Waals surface area (Å²) in [7, 11) is 3.80. The lowest BCUT2D eigenvalue weighted by Gasteiger charge is -2.32. The number of ether oxygens (including phenoxy) is 4. The van der Waals surface area contributed by atoms with Crippen molar-refractivity contribution in [3.63, 3.8) is 0 Å². The van der Waals surface area contributed by atoms with Crippen molar-refractivity contribution < 1.29 is 47.7 Å². The van der Waals surface area contributed by atoms with Gasteiger partial charge in [0.25, 0.3) is 5.91 Å². The van der Waals surface area contributed by atoms with Crippen molar-refractivity contribution in [3.05, 3.63) is 0 Å². The third kappa shape index (κ3) is 36.8. The lowest BCUT2D eigenvalue weighted by Crippen LogP contribution is -2.49. The summed E-state index contributed by atoms with van der Waals surface area (Å²) in [6.07, 6.45) is 25.8. The van der Waals surface area contributed by atoms with Crippen LogP contribution in [0.15, 0.2) is 0 Å². The molecule has 3 atom stereocenters. The Morgan fingerprint density at radius 2 is 0.909 bits per heavy atom. The number of nitrogens with zero attached hydrogens (tertiary/aromatic N) is 1. The molecular formula is C53H99N3O10. The molecule has 0 saturated carbocycles. The van der Waals surface area contributed by atoms with E-state index in [1.165, 1.54) is 83.5 Å². The number of rotatable bonds is 45. The minimum atomic E-state index is -1.40. The van der Waals surface area contributed by atoms with E-state index in [0.717, 1.165) is 70.6 Å². The molecule has 0 saturated heterocycles. The van der Waals surface area contributed by atoms with Gasteiger partial charge in [-0.3, -0.25) is 28.8 Å². The normalized spacial score (nSPS) is 12.9. The van der Waals surface area contributed by atoms with E-state index >= 15 is 0 Å². The van der Waals surface area contributed by atoms with Gasteiger partial charge in [0.1, 0.15) is 13.0 Å². The maximum Gasteiger partial charge on any atom is 0.317 e. The Balaban J connectivity index is 5.42. The van der Waals surface area contributed by atoms with Gasteiger partial charge in [0.15, 0.2) is 6.10 Å². The van der Waals surface area contributed by atoms with Gasteiger partial charge < -0.3 is 34.5 Å². The molecule has 0 aromatic carbocycles. The summed E-state index contributed by atoms with van der Waals surface area (Å²) in [5.74, 6) is -2.87. The number of carbonyl (C=O) groups excluding carboxylic acids is 6. The van der Waals surface area contributed by atoms with Gasteiger partial charge in [0, 0.05) is 44.3 Å². The first-order valence-electron chi connectivity index (χ1n) is 26.5. The summed E-state index contributed by atoms with van der Waals surface area (Å²) in [4.78, 5) is 79.7. The Labute approximate surface area is 402 Å². The highest BCUT2D eigenvalue weighted by atomic mass is 16.6. The lowest BCUT2D eigenvalue weighted by molar-refractivity contribution is -0.170. The summed E-state index contributed by atoms with van der Waals surface area (Å²) in [5.41, 5.74) is -1.23. The van der Waals surface area contributed by atoms with E-state index in [1.54, 1.807) is 13.8 Å². The van der Waals surface area contributed by atoms with Gasteiger partial charge in [-0.25, -0.2) is 0 Å². The number of hydrogen-bond acceptors (Lipinski definition) is 11. The zero-order valence-electron chi connectivity index (χ0n) is 43.5. The third-order valence-electron chi connectivity index (χ3n) is 12.2. The summed E-state index contributed by atoms with van der Waals surface area (Å²) < 4.78 is 22.5. The maximum absolute atomic E-state index is 13.6. The Bertz CT molecular complexity index is 1280. The van der Waals surface area contributed by atoms with E-state index in [2.05, 4.69) is 38.3 Å². The van der Waals surface area contributed by atoms with Gasteiger partial charge in [0.2, 0.25) is 5.91 Å². The smallest absolute Gasteiger partial charge is 0.317 e. The van der Waals surface area contributed by atoms with Crippen LogP contribution in [0.5, 0.6) is 0 Å². The van der Waals surface area contributed by atoms with Crippen LogP contribution in [0.25, 0.3) is 0 Å². The minimum Gasteiger partial charge on any atom is -0.465 e. The fourth-order valence-electron chi connectivity index (χ4n) is 7.86. The number of esters is 4. The van der Waals surface area contributed by atoms with Crippen LogP contribution in [0.3, 0.4) is 0 Å². The van der Waals surface area contributed by atoms with E-state index in [1.807, 2.05) is 19.0 Å². The molecule has 0 aliphatic heterocycles. The summed E-state index contributed by atoms with van der Waals surface area (Å²) in [6, 6.07) is 0. The molecular weight excluding hydrogens is 839 g/mol. The van der Waals surface area contributed by atoms with Crippen molar-refractivity contribution in [1.29, 1.82) is 0 Å². The van der Waals surface area contributed by atoms with Gasteiger partial charge in [-0.15, -0.1) is 0 Å². The number of nitrogens with one attached hydrogen (secondary N) is 2. The van der Waals surface area contributed by atoms with Crippen molar-refractivity contribution in [2.75, 3.05) is 53.6 Å². The van der Waals surface area contributed by atoms with Crippen LogP contribution in [0.4, 0.5) is 0 Å². The van der Waals surface area contributed by atoms with E-state index in [0.29, 0.717) is 25.6 Å². The van der Waals surface area contributed by atoms with Gasteiger partial charge >= 0.3 is 23.9 Å². The third-order valence-corrected chi connectivity index (χ3v) is 12.2. The van der Waals surface area contributed by atoms with Crippen LogP contribution >= 0.6 is 0 Å². The lowest BCUT2D eigenvalue weighted by atomic mass is 9.86. The van der Waals surface area contributed by atoms with E-state index in [9.17, 15) is 28.8 Å². The molecule has 0 aromatic rings. The zero-order valence-corrected chi connectivity index (χ0v) is 43.5. The fourth-order valence-corrected chi connectivity index (χ4v) is 7.86. The van der Waals surface area contributed by atoms with Crippen LogP contribution in [0.2, 0.25) is 0 Å². The first-order valence-corrected chi connectivity index (χ1v) is 26.5. The number of carbonyl (C=O) groups is 6. The van der Waals surface area contributed by atoms with Crippen molar-refractivity contribution in [2.45, 2.75) is 234 Å². The average Bonchev–Trinajstić information content (AvgIpc) is 3.27. The van der Waals surface area contributed by atoms with E-state index < -0.39 is 41.8 Å². The van der Waals surface area contributed by atoms with Gasteiger partial charge in [-0.1, -0.05) is 170 Å². The standard InChI is InChI=1S/C53H99N3O10/c1-9-13-17-21-23-27-32-44(30-25-19-15-11-3)41-63-47(58)34-29-35-48(59)66-51(52(62)55-37-36-46(57)54-38-39-56(7)8)53(5,6)43-65-50(61)40-49(60)64-42-45(31-26-20-16-12-4)33-28-24-22-18-14-10-2/h44-45,51H,9-43H2,1-8H3,(H,54,57)(H,55,62). The molecule has 2 amide bonds. The number of amides is 2. The number of hydrogen-bond donors (Lipinski definition) is 2. The molecule has 13 heteroatoms. The molecule has 0 aromatic heterocycles. The van der Waals surface area contributed by atoms with E-state index in [4.69, 9.17) is 18.9 Å². The molecule has 386 valence electrons. The van der Waals surface area contributed by atoms with Crippen molar-refractivity contribution in [1.82, 2.24) is 15.5 Å². The SMILES string of the molecule is CCCCCCCCC(CCCCCC)COC(=O)CCCC(=O)OC(C(=O)NCCC(=O)NCCN(C)C)C(C)(C)COC(=O)CC(=O)OCC(CCCCCC)CCCCCCCC. The molecule has 0 spiro atoms. The molecule has 0 radical (unpaired) electrons. The van der Waals surface area contributed by atoms with E-state index in [-0.39, 0.29) is 63.2 Å². The second kappa shape index (κ2) is 41.9. The van der Waals surface area contributed by atoms with Crippen LogP contribution in [0, 0.1) is 17.3 Å². The molecule has 3 unspecified atom stereocenters. The topological polar surface area (TPSA) is 167 Å². The predicted octanol–water partition coefficient (Wildman–Crippen LogP) is 11.0. The largest absolute Gasteiger partial charge is 0.465 e. The molecule has 2 N–H and O–H groups in total. The number of unbranched alkanes of at least 4 members (excludes halogenated alkanes) is 16. The fraction of sp³-hybridized carbons (Fsp3) is 0.887. The Morgan fingerprint density at radius 1 is 0.485 bits per heavy atom. The van der Waals surface area contributed by atoms with Crippen LogP contribution in [-0.2, 0) is 47.7 Å². The predicted molar refractivity (Wildman–Crippen MR) is 265 cm³/mol. The van der Waals surface area contributed by atoms with Gasteiger partial charge in [-0.2, -0.15) is 0 Å². The molecule has 13 nitrogen and oxygen atoms in total. The van der Waals surface area contributed by atoms with Gasteiger partial charge in [-0.05, 0) is 58.0 Å². The Morgan fingerprint density at radius 3 is 1.39 bits per heavy atom. The van der Waals surface area contributed by atoms with Crippen LogP contribution in [0.1, 0.15) is 228 Å². The molecule has 0 heterocycles. The highest BCUT2D eigenvalue weighted by molar-refractivity contribution is 5.91. The Hall–Kier alpha value is -3.22. The maximum atomic E-state index is 13.6. The van der Waals surface area contributed by atoms with Crippen LogP contribution in [-0.4, -0.2) is 100 Å². The zero-order chi connectivity index (χ0) is 49.3. The second-order valence-electron chi connectivity index (χ2n) is 19.7. The highest BCUT2D eigenvalue weighted by Gasteiger charge is 2.40. The van der Waals surface area contributed by atoms with Gasteiger partial charge in [0.05, 0.1) is 13.2 Å². The summed E-state index contributed by atoms with van der Waals surface area (Å²) in [6.45, 7) is 13.5. The molecule has 0 bridgehead atoms. The van der Waals surface area contributed by atoms with Crippen molar-refractivity contribution in [3.8, 4) is 0 Å². The second-order valence-corrected chi connectivity index (χ2v) is 19.7. The van der Waals surface area contributed by atoms with Crippen molar-refractivity contribution >= 4 is 35.7 Å². The molecule has 0 aliphatic carbocycles. The number of likely N-dealkylation sites (N-methyl/N-ethyl adjacent to an activating group) is 1. The molecule has 0 rings (SSSR count). The Kier molecular flexibility index (Phi) is 39.9. The summed E-state index contributed by atoms with van der Waals surface area (Å²) >= 11 is 0. The molecule has 0 fully saturated rings. The van der Waals surface area contributed by atoms with Crippen LogP contribution < -0.4 is 10.6 Å². The molecule has 0 aliphatic rings. The van der Waals surface area contributed by atoms with Crippen molar-refractivity contribution in [2.24, 2.45) is 17.3 Å². The first kappa shape index (κ1) is 62.8. The first-order chi connectivity index (χ1) is 31.7. The quantitative estimate of drug-likeness (QED) is 0.0258. The monoisotopic (exact) mass is 938 g/mol. The molecule has 66 heavy (non-hydrogen) atoms.